The van der Waals surface area contributed by atoms with Gasteiger partial charge in [0.25, 0.3) is 0 Å². The van der Waals surface area contributed by atoms with Gasteiger partial charge < -0.3 is 10.1 Å². The number of hydrogen-bond donors (Lipinski definition) is 1. The van der Waals surface area contributed by atoms with Gasteiger partial charge in [0, 0.05) is 12.3 Å². The van der Waals surface area contributed by atoms with Crippen LogP contribution in [0.3, 0.4) is 0 Å². The van der Waals surface area contributed by atoms with Gasteiger partial charge in [-0.05, 0) is 30.5 Å². The Morgan fingerprint density at radius 3 is 2.79 bits per heavy atom. The Hall–Kier alpha value is -1.91. The zero-order chi connectivity index (χ0) is 13.8. The Bertz CT molecular complexity index is 485. The maximum atomic E-state index is 13.1. The largest absolute Gasteiger partial charge is 0.467 e. The number of benzene rings is 1. The number of esters is 1. The number of halogens is 1. The summed E-state index contributed by atoms with van der Waals surface area (Å²) in [6.45, 7) is 0. The van der Waals surface area contributed by atoms with E-state index in [1.807, 2.05) is 0 Å². The summed E-state index contributed by atoms with van der Waals surface area (Å²) in [5.41, 5.74) is 0.645. The van der Waals surface area contributed by atoms with E-state index in [4.69, 9.17) is 0 Å². The number of hydrogen-bond acceptors (Lipinski definition) is 3. The SMILES string of the molecule is COC(=O)[C@@H](Cc1cccc(F)c1)NC(=O)C1CC1. The van der Waals surface area contributed by atoms with Crippen molar-refractivity contribution in [2.45, 2.75) is 25.3 Å². The Morgan fingerprint density at radius 1 is 1.47 bits per heavy atom. The molecule has 1 fully saturated rings. The van der Waals surface area contributed by atoms with Gasteiger partial charge >= 0.3 is 5.97 Å². The molecular formula is C14H16FNO3. The van der Waals surface area contributed by atoms with Crippen LogP contribution in [0.15, 0.2) is 24.3 Å². The fourth-order valence-corrected chi connectivity index (χ4v) is 1.87. The van der Waals surface area contributed by atoms with Crippen LogP contribution < -0.4 is 5.32 Å². The lowest BCUT2D eigenvalue weighted by Gasteiger charge is -2.16. The van der Waals surface area contributed by atoms with Crippen LogP contribution in [-0.4, -0.2) is 25.0 Å². The van der Waals surface area contributed by atoms with Crippen molar-refractivity contribution in [1.29, 1.82) is 0 Å². The Labute approximate surface area is 110 Å². The van der Waals surface area contributed by atoms with Crippen molar-refractivity contribution >= 4 is 11.9 Å². The van der Waals surface area contributed by atoms with Gasteiger partial charge in [-0.3, -0.25) is 4.79 Å². The van der Waals surface area contributed by atoms with E-state index in [1.165, 1.54) is 19.2 Å². The summed E-state index contributed by atoms with van der Waals surface area (Å²) in [7, 11) is 1.27. The highest BCUT2D eigenvalue weighted by atomic mass is 19.1. The molecule has 0 heterocycles. The standard InChI is InChI=1S/C14H16FNO3/c1-19-14(18)12(16-13(17)10-5-6-10)8-9-3-2-4-11(15)7-9/h2-4,7,10,12H,5-6,8H2,1H3,(H,16,17)/t12-/m1/s1. The predicted molar refractivity (Wildman–Crippen MR) is 66.8 cm³/mol. The smallest absolute Gasteiger partial charge is 0.328 e. The van der Waals surface area contributed by atoms with Crippen molar-refractivity contribution in [3.63, 3.8) is 0 Å². The highest BCUT2D eigenvalue weighted by Gasteiger charge is 2.32. The van der Waals surface area contributed by atoms with Crippen LogP contribution >= 0.6 is 0 Å². The van der Waals surface area contributed by atoms with E-state index in [1.54, 1.807) is 12.1 Å². The van der Waals surface area contributed by atoms with Gasteiger partial charge in [-0.1, -0.05) is 12.1 Å². The van der Waals surface area contributed by atoms with Crippen LogP contribution in [0.2, 0.25) is 0 Å². The molecule has 19 heavy (non-hydrogen) atoms. The average molecular weight is 265 g/mol. The lowest BCUT2D eigenvalue weighted by atomic mass is 10.1. The van der Waals surface area contributed by atoms with E-state index >= 15 is 0 Å². The molecular weight excluding hydrogens is 249 g/mol. The molecule has 5 heteroatoms. The molecule has 0 aliphatic heterocycles. The first-order valence-electron chi connectivity index (χ1n) is 6.23. The van der Waals surface area contributed by atoms with Crippen molar-refractivity contribution in [3.8, 4) is 0 Å². The first-order valence-corrected chi connectivity index (χ1v) is 6.23. The number of methoxy groups -OCH3 is 1. The minimum absolute atomic E-state index is 0.0136. The van der Waals surface area contributed by atoms with Crippen LogP contribution in [0.5, 0.6) is 0 Å². The molecule has 1 aromatic rings. The molecule has 102 valence electrons. The Balaban J connectivity index is 2.04. The highest BCUT2D eigenvalue weighted by molar-refractivity contribution is 5.87. The average Bonchev–Trinajstić information content (AvgIpc) is 3.21. The van der Waals surface area contributed by atoms with Crippen molar-refractivity contribution in [2.75, 3.05) is 7.11 Å². The molecule has 0 spiro atoms. The van der Waals surface area contributed by atoms with Gasteiger partial charge in [-0.2, -0.15) is 0 Å². The third-order valence-corrected chi connectivity index (χ3v) is 3.08. The number of carbonyl (C=O) groups is 2. The van der Waals surface area contributed by atoms with Gasteiger partial charge in [0.2, 0.25) is 5.91 Å². The van der Waals surface area contributed by atoms with Crippen molar-refractivity contribution < 1.29 is 18.7 Å². The Kier molecular flexibility index (Phi) is 4.14. The zero-order valence-electron chi connectivity index (χ0n) is 10.7. The predicted octanol–water partition coefficient (Wildman–Crippen LogP) is 1.44. The minimum atomic E-state index is -0.764. The second-order valence-corrected chi connectivity index (χ2v) is 4.69. The molecule has 1 atom stereocenters. The van der Waals surface area contributed by atoms with Crippen LogP contribution in [0, 0.1) is 11.7 Å². The Morgan fingerprint density at radius 2 is 2.21 bits per heavy atom. The lowest BCUT2D eigenvalue weighted by Crippen LogP contribution is -2.43. The number of rotatable bonds is 5. The lowest BCUT2D eigenvalue weighted by molar-refractivity contribution is -0.145. The molecule has 0 bridgehead atoms. The van der Waals surface area contributed by atoms with Crippen molar-refractivity contribution in [3.05, 3.63) is 35.6 Å². The first kappa shape index (κ1) is 13.5. The summed E-state index contributed by atoms with van der Waals surface area (Å²) < 4.78 is 17.8. The molecule has 4 nitrogen and oxygen atoms in total. The molecule has 1 aromatic carbocycles. The summed E-state index contributed by atoms with van der Waals surface area (Å²) in [5.74, 6) is -1.00. The van der Waals surface area contributed by atoms with Gasteiger partial charge in [0.15, 0.2) is 0 Å². The molecule has 1 N–H and O–H groups in total. The van der Waals surface area contributed by atoms with E-state index in [2.05, 4.69) is 10.1 Å². The third kappa shape index (κ3) is 3.77. The summed E-state index contributed by atoms with van der Waals surface area (Å²) >= 11 is 0. The van der Waals surface area contributed by atoms with Gasteiger partial charge in [-0.25, -0.2) is 9.18 Å². The topological polar surface area (TPSA) is 55.4 Å². The van der Waals surface area contributed by atoms with E-state index in [-0.39, 0.29) is 24.1 Å². The van der Waals surface area contributed by atoms with E-state index < -0.39 is 12.0 Å². The minimum Gasteiger partial charge on any atom is -0.467 e. The number of ether oxygens (including phenoxy) is 1. The van der Waals surface area contributed by atoms with Crippen LogP contribution in [0.25, 0.3) is 0 Å². The summed E-state index contributed by atoms with van der Waals surface area (Å²) in [5, 5.41) is 2.66. The third-order valence-electron chi connectivity index (χ3n) is 3.08. The number of carbonyl (C=O) groups excluding carboxylic acids is 2. The number of amides is 1. The normalized spacial score (nSPS) is 15.7. The molecule has 0 unspecified atom stereocenters. The van der Waals surface area contributed by atoms with Gasteiger partial charge in [-0.15, -0.1) is 0 Å². The van der Waals surface area contributed by atoms with E-state index in [0.717, 1.165) is 12.8 Å². The quantitative estimate of drug-likeness (QED) is 0.819. The highest BCUT2D eigenvalue weighted by Crippen LogP contribution is 2.29. The van der Waals surface area contributed by atoms with E-state index in [0.29, 0.717) is 5.56 Å². The second-order valence-electron chi connectivity index (χ2n) is 4.69. The number of nitrogens with one attached hydrogen (secondary N) is 1. The van der Waals surface area contributed by atoms with Crippen LogP contribution in [0.4, 0.5) is 4.39 Å². The molecule has 0 radical (unpaired) electrons. The molecule has 1 saturated carbocycles. The monoisotopic (exact) mass is 265 g/mol. The maximum Gasteiger partial charge on any atom is 0.328 e. The maximum absolute atomic E-state index is 13.1. The summed E-state index contributed by atoms with van der Waals surface area (Å²) in [6, 6.07) is 5.20. The fourth-order valence-electron chi connectivity index (χ4n) is 1.87. The molecule has 1 aliphatic carbocycles. The fraction of sp³-hybridized carbons (Fsp3) is 0.429. The van der Waals surface area contributed by atoms with Crippen molar-refractivity contribution in [2.24, 2.45) is 5.92 Å². The molecule has 2 rings (SSSR count). The van der Waals surface area contributed by atoms with Crippen LogP contribution in [-0.2, 0) is 20.7 Å². The van der Waals surface area contributed by atoms with E-state index in [9.17, 15) is 14.0 Å². The molecule has 1 aliphatic rings. The molecule has 0 saturated heterocycles. The molecule has 0 aromatic heterocycles. The summed E-state index contributed by atoms with van der Waals surface area (Å²) in [6.07, 6.45) is 1.95. The zero-order valence-corrected chi connectivity index (χ0v) is 10.7. The van der Waals surface area contributed by atoms with Gasteiger partial charge in [0.1, 0.15) is 11.9 Å². The van der Waals surface area contributed by atoms with Crippen molar-refractivity contribution in [1.82, 2.24) is 5.32 Å². The summed E-state index contributed by atoms with van der Waals surface area (Å²) in [4.78, 5) is 23.3. The first-order chi connectivity index (χ1) is 9.10. The van der Waals surface area contributed by atoms with Crippen LogP contribution in [0.1, 0.15) is 18.4 Å². The second kappa shape index (κ2) is 5.82. The van der Waals surface area contributed by atoms with Gasteiger partial charge in [0.05, 0.1) is 7.11 Å². The molecule has 1 amide bonds.